The smallest absolute Gasteiger partial charge is 0.105 e. The molecule has 3 fully saturated rings. The molecule has 1 spiro atoms. The number of ether oxygens (including phenoxy) is 1. The number of hydrogen-bond acceptors (Lipinski definition) is 5. The molecule has 3 aliphatic heterocycles. The molecule has 2 aromatic carbocycles. The van der Waals surface area contributed by atoms with Crippen molar-refractivity contribution in [2.45, 2.75) is 37.1 Å². The molecule has 0 radical (unpaired) electrons. The summed E-state index contributed by atoms with van der Waals surface area (Å²) < 4.78 is 5.48. The largest absolute Gasteiger partial charge is 0.387 e. The molecule has 0 amide bonds. The van der Waals surface area contributed by atoms with Crippen LogP contribution in [-0.4, -0.2) is 65.4 Å². The molecular weight excluding hydrogens is 362 g/mol. The van der Waals surface area contributed by atoms with Crippen LogP contribution in [0.1, 0.15) is 24.0 Å². The lowest BCUT2D eigenvalue weighted by Gasteiger charge is -2.21. The second kappa shape index (κ2) is 8.94. The van der Waals surface area contributed by atoms with E-state index in [9.17, 15) is 5.11 Å². The molecule has 156 valence electrons. The second-order valence-electron chi connectivity index (χ2n) is 8.79. The molecule has 3 heterocycles. The van der Waals surface area contributed by atoms with Gasteiger partial charge in [0.1, 0.15) is 5.60 Å². The first-order valence-corrected chi connectivity index (χ1v) is 10.7. The SMILES string of the molecule is NCC1(O)CCN(Cc2ccccc2)C1.c1ccc(CN2CCC3(CO3)C2)cc1. The number of benzene rings is 2. The molecule has 0 aliphatic carbocycles. The molecule has 2 atom stereocenters. The fraction of sp³-hybridized carbons (Fsp3) is 0.500. The van der Waals surface area contributed by atoms with Gasteiger partial charge in [0.2, 0.25) is 0 Å². The van der Waals surface area contributed by atoms with E-state index in [1.807, 2.05) is 18.2 Å². The average Bonchev–Trinajstić information content (AvgIpc) is 3.23. The highest BCUT2D eigenvalue weighted by atomic mass is 16.6. The van der Waals surface area contributed by atoms with Gasteiger partial charge in [0.05, 0.1) is 12.2 Å². The maximum Gasteiger partial charge on any atom is 0.105 e. The van der Waals surface area contributed by atoms with Crippen LogP contribution in [0.15, 0.2) is 60.7 Å². The maximum absolute atomic E-state index is 9.98. The fourth-order valence-corrected chi connectivity index (χ4v) is 4.33. The Morgan fingerprint density at radius 3 is 1.79 bits per heavy atom. The van der Waals surface area contributed by atoms with Crippen molar-refractivity contribution >= 4 is 0 Å². The Bertz CT molecular complexity index is 766. The van der Waals surface area contributed by atoms with Crippen molar-refractivity contribution in [3.8, 4) is 0 Å². The van der Waals surface area contributed by atoms with Crippen LogP contribution in [0.3, 0.4) is 0 Å². The van der Waals surface area contributed by atoms with Gasteiger partial charge in [-0.25, -0.2) is 0 Å². The number of β-amino-alcohol motifs (C(OH)–C–C–N with tert-alkyl or cyclic N) is 1. The molecular formula is C24H33N3O2. The van der Waals surface area contributed by atoms with Crippen LogP contribution in [0.25, 0.3) is 0 Å². The lowest BCUT2D eigenvalue weighted by atomic mass is 10.0. The molecule has 0 saturated carbocycles. The van der Waals surface area contributed by atoms with Crippen LogP contribution in [0, 0.1) is 0 Å². The van der Waals surface area contributed by atoms with Crippen molar-refractivity contribution in [1.29, 1.82) is 0 Å². The predicted octanol–water partition coefficient (Wildman–Crippen LogP) is 2.24. The van der Waals surface area contributed by atoms with Crippen molar-refractivity contribution in [3.63, 3.8) is 0 Å². The standard InChI is InChI=1S/C12H18N2O.C12H15NO/c13-9-12(15)6-7-14(10-12)8-11-4-2-1-3-5-11;1-2-4-11(5-3-1)8-13-7-6-12(9-13)10-14-12/h1-5,15H,6-10,13H2;1-5H,6-10H2. The van der Waals surface area contributed by atoms with Gasteiger partial charge in [-0.1, -0.05) is 60.7 Å². The van der Waals surface area contributed by atoms with Crippen molar-refractivity contribution in [2.75, 3.05) is 39.3 Å². The Labute approximate surface area is 174 Å². The van der Waals surface area contributed by atoms with E-state index >= 15 is 0 Å². The number of epoxide rings is 1. The molecule has 5 nitrogen and oxygen atoms in total. The van der Waals surface area contributed by atoms with E-state index in [2.05, 4.69) is 52.3 Å². The molecule has 2 aromatic rings. The number of nitrogens with zero attached hydrogens (tertiary/aromatic N) is 2. The lowest BCUT2D eigenvalue weighted by Crippen LogP contribution is -2.40. The minimum atomic E-state index is -0.658. The van der Waals surface area contributed by atoms with E-state index in [1.165, 1.54) is 24.1 Å². The summed E-state index contributed by atoms with van der Waals surface area (Å²) in [7, 11) is 0. The molecule has 0 bridgehead atoms. The van der Waals surface area contributed by atoms with E-state index < -0.39 is 5.60 Å². The van der Waals surface area contributed by atoms with Gasteiger partial charge >= 0.3 is 0 Å². The number of nitrogens with two attached hydrogens (primary N) is 1. The van der Waals surface area contributed by atoms with Gasteiger partial charge in [0.15, 0.2) is 0 Å². The summed E-state index contributed by atoms with van der Waals surface area (Å²) in [5, 5.41) is 9.98. The zero-order valence-electron chi connectivity index (χ0n) is 17.2. The van der Waals surface area contributed by atoms with Crippen LogP contribution < -0.4 is 5.73 Å². The van der Waals surface area contributed by atoms with Crippen molar-refractivity contribution in [2.24, 2.45) is 5.73 Å². The van der Waals surface area contributed by atoms with Gasteiger partial charge in [0, 0.05) is 45.8 Å². The van der Waals surface area contributed by atoms with Crippen molar-refractivity contribution in [3.05, 3.63) is 71.8 Å². The summed E-state index contributed by atoms with van der Waals surface area (Å²) in [5.74, 6) is 0. The first-order chi connectivity index (χ1) is 14.1. The Morgan fingerprint density at radius 2 is 1.34 bits per heavy atom. The van der Waals surface area contributed by atoms with Crippen LogP contribution in [0.5, 0.6) is 0 Å². The molecule has 5 rings (SSSR count). The van der Waals surface area contributed by atoms with Crippen LogP contribution in [0.4, 0.5) is 0 Å². The van der Waals surface area contributed by atoms with E-state index in [0.717, 1.165) is 39.2 Å². The van der Waals surface area contributed by atoms with Crippen LogP contribution in [-0.2, 0) is 17.8 Å². The second-order valence-corrected chi connectivity index (χ2v) is 8.79. The van der Waals surface area contributed by atoms with Crippen molar-refractivity contribution < 1.29 is 9.84 Å². The third kappa shape index (κ3) is 5.65. The first kappa shape index (κ1) is 20.5. The van der Waals surface area contributed by atoms with Crippen molar-refractivity contribution in [1.82, 2.24) is 9.80 Å². The summed E-state index contributed by atoms with van der Waals surface area (Å²) in [6.45, 7) is 7.27. The highest BCUT2D eigenvalue weighted by Crippen LogP contribution is 2.37. The van der Waals surface area contributed by atoms with Crippen LogP contribution in [0.2, 0.25) is 0 Å². The Morgan fingerprint density at radius 1 is 0.828 bits per heavy atom. The molecule has 3 saturated heterocycles. The highest BCUT2D eigenvalue weighted by Gasteiger charge is 2.49. The summed E-state index contributed by atoms with van der Waals surface area (Å²) in [4.78, 5) is 4.74. The predicted molar refractivity (Wildman–Crippen MR) is 115 cm³/mol. The molecule has 0 aromatic heterocycles. The van der Waals surface area contributed by atoms with E-state index in [-0.39, 0.29) is 5.60 Å². The summed E-state index contributed by atoms with van der Waals surface area (Å²) >= 11 is 0. The molecule has 3 aliphatic rings. The number of rotatable bonds is 5. The number of aliphatic hydroxyl groups is 1. The first-order valence-electron chi connectivity index (χ1n) is 10.7. The summed E-state index contributed by atoms with van der Waals surface area (Å²) in [6.07, 6.45) is 2.01. The summed E-state index contributed by atoms with van der Waals surface area (Å²) in [5.41, 5.74) is 7.86. The Balaban J connectivity index is 0.000000141. The van der Waals surface area contributed by atoms with E-state index in [1.54, 1.807) is 0 Å². The Kier molecular flexibility index (Phi) is 6.32. The lowest BCUT2D eigenvalue weighted by molar-refractivity contribution is 0.0573. The molecule has 5 heteroatoms. The van der Waals surface area contributed by atoms with Gasteiger partial charge in [-0.15, -0.1) is 0 Å². The minimum Gasteiger partial charge on any atom is -0.387 e. The topological polar surface area (TPSA) is 65.3 Å². The Hall–Kier alpha value is -1.76. The third-order valence-corrected chi connectivity index (χ3v) is 6.24. The maximum atomic E-state index is 9.98. The normalized spacial score (nSPS) is 29.0. The molecule has 3 N–H and O–H groups in total. The van der Waals surface area contributed by atoms with Gasteiger partial charge in [-0.3, -0.25) is 9.80 Å². The average molecular weight is 396 g/mol. The third-order valence-electron chi connectivity index (χ3n) is 6.24. The zero-order chi connectivity index (χ0) is 20.2. The van der Waals surface area contributed by atoms with Gasteiger partial charge in [0.25, 0.3) is 0 Å². The zero-order valence-corrected chi connectivity index (χ0v) is 17.2. The monoisotopic (exact) mass is 395 g/mol. The number of hydrogen-bond donors (Lipinski definition) is 2. The summed E-state index contributed by atoms with van der Waals surface area (Å²) in [6, 6.07) is 21.0. The van der Waals surface area contributed by atoms with Gasteiger partial charge in [-0.2, -0.15) is 0 Å². The molecule has 2 unspecified atom stereocenters. The van der Waals surface area contributed by atoms with Gasteiger partial charge < -0.3 is 15.6 Å². The van der Waals surface area contributed by atoms with E-state index in [4.69, 9.17) is 10.5 Å². The quantitative estimate of drug-likeness (QED) is 0.760. The van der Waals surface area contributed by atoms with Gasteiger partial charge in [-0.05, 0) is 24.0 Å². The molecule has 29 heavy (non-hydrogen) atoms. The highest BCUT2D eigenvalue weighted by molar-refractivity contribution is 5.16. The number of likely N-dealkylation sites (tertiary alicyclic amines) is 2. The van der Waals surface area contributed by atoms with Crippen LogP contribution >= 0.6 is 0 Å². The van der Waals surface area contributed by atoms with E-state index in [0.29, 0.717) is 13.1 Å². The minimum absolute atomic E-state index is 0.273. The fourth-order valence-electron chi connectivity index (χ4n) is 4.33.